The van der Waals surface area contributed by atoms with Crippen molar-refractivity contribution < 1.29 is 14.6 Å². The Bertz CT molecular complexity index is 427. The lowest BCUT2D eigenvalue weighted by Gasteiger charge is -2.27. The molecule has 19 heavy (non-hydrogen) atoms. The minimum atomic E-state index is -0.735. The largest absolute Gasteiger partial charge is 0.481 e. The third kappa shape index (κ3) is 4.04. The molecule has 1 aliphatic heterocycles. The van der Waals surface area contributed by atoms with Crippen LogP contribution < -0.4 is 0 Å². The van der Waals surface area contributed by atoms with E-state index in [1.54, 1.807) is 6.92 Å². The normalized spacial score (nSPS) is 18.2. The Morgan fingerprint density at radius 2 is 1.95 bits per heavy atom. The molecule has 1 aromatic rings. The number of carboxylic acids is 1. The Balaban J connectivity index is 2.04. The van der Waals surface area contributed by atoms with Crippen LogP contribution in [-0.2, 0) is 22.5 Å². The van der Waals surface area contributed by atoms with E-state index in [0.29, 0.717) is 6.42 Å². The van der Waals surface area contributed by atoms with E-state index < -0.39 is 5.97 Å². The van der Waals surface area contributed by atoms with Gasteiger partial charge in [-0.05, 0) is 17.5 Å². The van der Waals surface area contributed by atoms with Crippen molar-refractivity contribution in [3.63, 3.8) is 0 Å². The maximum Gasteiger partial charge on any atom is 0.306 e. The molecule has 4 heteroatoms. The third-order valence-corrected chi connectivity index (χ3v) is 3.56. The van der Waals surface area contributed by atoms with Gasteiger partial charge in [0.2, 0.25) is 0 Å². The van der Waals surface area contributed by atoms with Gasteiger partial charge in [-0.3, -0.25) is 9.69 Å². The third-order valence-electron chi connectivity index (χ3n) is 3.56. The van der Waals surface area contributed by atoms with E-state index >= 15 is 0 Å². The SMILES string of the molecule is CC(Cc1ccccc1CN1CCOCC1)C(=O)O. The molecule has 1 heterocycles. The number of hydrogen-bond acceptors (Lipinski definition) is 3. The van der Waals surface area contributed by atoms with Gasteiger partial charge in [0.05, 0.1) is 19.1 Å². The zero-order chi connectivity index (χ0) is 13.7. The van der Waals surface area contributed by atoms with E-state index in [4.69, 9.17) is 9.84 Å². The van der Waals surface area contributed by atoms with Crippen LogP contribution in [0.2, 0.25) is 0 Å². The molecule has 1 aromatic carbocycles. The van der Waals surface area contributed by atoms with Crippen LogP contribution in [0.25, 0.3) is 0 Å². The fourth-order valence-corrected chi connectivity index (χ4v) is 2.33. The highest BCUT2D eigenvalue weighted by Crippen LogP contribution is 2.17. The topological polar surface area (TPSA) is 49.8 Å². The van der Waals surface area contributed by atoms with E-state index in [2.05, 4.69) is 11.0 Å². The van der Waals surface area contributed by atoms with Gasteiger partial charge in [0, 0.05) is 19.6 Å². The average Bonchev–Trinajstić information content (AvgIpc) is 2.42. The molecule has 1 aliphatic rings. The Morgan fingerprint density at radius 3 is 2.58 bits per heavy atom. The molecule has 0 saturated carbocycles. The van der Waals surface area contributed by atoms with E-state index in [9.17, 15) is 4.79 Å². The fraction of sp³-hybridized carbons (Fsp3) is 0.533. The molecule has 0 aromatic heterocycles. The summed E-state index contributed by atoms with van der Waals surface area (Å²) in [4.78, 5) is 13.3. The quantitative estimate of drug-likeness (QED) is 0.880. The van der Waals surface area contributed by atoms with Crippen molar-refractivity contribution in [3.8, 4) is 0 Å². The summed E-state index contributed by atoms with van der Waals surface area (Å²) in [6, 6.07) is 8.13. The van der Waals surface area contributed by atoms with Crippen molar-refractivity contribution in [1.29, 1.82) is 0 Å². The molecule has 4 nitrogen and oxygen atoms in total. The molecule has 1 unspecified atom stereocenters. The van der Waals surface area contributed by atoms with Crippen molar-refractivity contribution >= 4 is 5.97 Å². The Labute approximate surface area is 114 Å². The number of nitrogens with zero attached hydrogens (tertiary/aromatic N) is 1. The average molecular weight is 263 g/mol. The van der Waals surface area contributed by atoms with Crippen LogP contribution in [0, 0.1) is 5.92 Å². The first-order chi connectivity index (χ1) is 9.16. The van der Waals surface area contributed by atoms with Gasteiger partial charge in [-0.2, -0.15) is 0 Å². The summed E-state index contributed by atoms with van der Waals surface area (Å²) in [6.07, 6.45) is 0.593. The van der Waals surface area contributed by atoms with Gasteiger partial charge in [-0.25, -0.2) is 0 Å². The molecule has 2 rings (SSSR count). The monoisotopic (exact) mass is 263 g/mol. The second-order valence-electron chi connectivity index (χ2n) is 5.10. The lowest BCUT2D eigenvalue weighted by Crippen LogP contribution is -2.36. The van der Waals surface area contributed by atoms with Crippen LogP contribution in [0.1, 0.15) is 18.1 Å². The molecule has 1 N–H and O–H groups in total. The zero-order valence-corrected chi connectivity index (χ0v) is 11.3. The number of aliphatic carboxylic acids is 1. The van der Waals surface area contributed by atoms with Crippen molar-refractivity contribution in [2.24, 2.45) is 5.92 Å². The minimum absolute atomic E-state index is 0.342. The summed E-state index contributed by atoms with van der Waals surface area (Å²) in [5.74, 6) is -1.08. The van der Waals surface area contributed by atoms with Crippen molar-refractivity contribution in [1.82, 2.24) is 4.90 Å². The molecule has 1 fully saturated rings. The summed E-state index contributed by atoms with van der Waals surface area (Å²) in [5.41, 5.74) is 2.38. The number of hydrogen-bond donors (Lipinski definition) is 1. The maximum absolute atomic E-state index is 11.0. The lowest BCUT2D eigenvalue weighted by molar-refractivity contribution is -0.141. The van der Waals surface area contributed by atoms with Crippen molar-refractivity contribution in [3.05, 3.63) is 35.4 Å². The summed E-state index contributed by atoms with van der Waals surface area (Å²) < 4.78 is 5.34. The van der Waals surface area contributed by atoms with Crippen molar-refractivity contribution in [2.45, 2.75) is 19.9 Å². The summed E-state index contributed by atoms with van der Waals surface area (Å²) in [5, 5.41) is 9.03. The van der Waals surface area contributed by atoms with E-state index in [0.717, 1.165) is 38.4 Å². The highest BCUT2D eigenvalue weighted by atomic mass is 16.5. The number of carbonyl (C=O) groups is 1. The van der Waals surface area contributed by atoms with Gasteiger partial charge in [0.15, 0.2) is 0 Å². The van der Waals surface area contributed by atoms with Gasteiger partial charge in [0.1, 0.15) is 0 Å². The van der Waals surface area contributed by atoms with Crippen molar-refractivity contribution in [2.75, 3.05) is 26.3 Å². The van der Waals surface area contributed by atoms with Crippen LogP contribution in [0.3, 0.4) is 0 Å². The first kappa shape index (κ1) is 14.0. The number of ether oxygens (including phenoxy) is 1. The van der Waals surface area contributed by atoms with E-state index in [-0.39, 0.29) is 5.92 Å². The molecule has 104 valence electrons. The first-order valence-corrected chi connectivity index (χ1v) is 6.76. The number of carboxylic acid groups (broad SMARTS) is 1. The molecule has 1 atom stereocenters. The Morgan fingerprint density at radius 1 is 1.32 bits per heavy atom. The Kier molecular flexibility index (Phi) is 4.93. The van der Waals surface area contributed by atoms with Crippen LogP contribution in [0.5, 0.6) is 0 Å². The van der Waals surface area contributed by atoms with Gasteiger partial charge >= 0.3 is 5.97 Å². The molecular formula is C15H21NO3. The molecule has 0 spiro atoms. The zero-order valence-electron chi connectivity index (χ0n) is 11.3. The fourth-order valence-electron chi connectivity index (χ4n) is 2.33. The molecule has 0 bridgehead atoms. The number of morpholine rings is 1. The number of rotatable bonds is 5. The van der Waals surface area contributed by atoms with Gasteiger partial charge in [-0.1, -0.05) is 31.2 Å². The smallest absolute Gasteiger partial charge is 0.306 e. The first-order valence-electron chi connectivity index (χ1n) is 6.76. The summed E-state index contributed by atoms with van der Waals surface area (Å²) in [7, 11) is 0. The molecule has 1 saturated heterocycles. The highest BCUT2D eigenvalue weighted by Gasteiger charge is 2.16. The lowest BCUT2D eigenvalue weighted by atomic mass is 9.96. The molecule has 0 aliphatic carbocycles. The summed E-state index contributed by atoms with van der Waals surface area (Å²) in [6.45, 7) is 6.10. The van der Waals surface area contributed by atoms with Crippen LogP contribution in [0.4, 0.5) is 0 Å². The second kappa shape index (κ2) is 6.68. The van der Waals surface area contributed by atoms with Crippen LogP contribution in [-0.4, -0.2) is 42.3 Å². The predicted molar refractivity (Wildman–Crippen MR) is 73.0 cm³/mol. The molecular weight excluding hydrogens is 242 g/mol. The van der Waals surface area contributed by atoms with Crippen LogP contribution >= 0.6 is 0 Å². The van der Waals surface area contributed by atoms with Crippen LogP contribution in [0.15, 0.2) is 24.3 Å². The standard InChI is InChI=1S/C15H21NO3/c1-12(15(17)18)10-13-4-2-3-5-14(13)11-16-6-8-19-9-7-16/h2-5,12H,6-11H2,1H3,(H,17,18). The Hall–Kier alpha value is -1.39. The molecule has 0 radical (unpaired) electrons. The van der Waals surface area contributed by atoms with Gasteiger partial charge < -0.3 is 9.84 Å². The summed E-state index contributed by atoms with van der Waals surface area (Å²) >= 11 is 0. The van der Waals surface area contributed by atoms with Gasteiger partial charge in [0.25, 0.3) is 0 Å². The van der Waals surface area contributed by atoms with E-state index in [1.165, 1.54) is 5.56 Å². The number of benzene rings is 1. The minimum Gasteiger partial charge on any atom is -0.481 e. The predicted octanol–water partition coefficient (Wildman–Crippen LogP) is 1.78. The second-order valence-corrected chi connectivity index (χ2v) is 5.10. The van der Waals surface area contributed by atoms with Gasteiger partial charge in [-0.15, -0.1) is 0 Å². The van der Waals surface area contributed by atoms with E-state index in [1.807, 2.05) is 18.2 Å². The maximum atomic E-state index is 11.0. The molecule has 0 amide bonds. The highest BCUT2D eigenvalue weighted by molar-refractivity contribution is 5.70.